The van der Waals surface area contributed by atoms with Crippen LogP contribution in [0.15, 0.2) is 53.9 Å². The minimum absolute atomic E-state index is 0.179. The van der Waals surface area contributed by atoms with Crippen LogP contribution < -0.4 is 10.7 Å². The van der Waals surface area contributed by atoms with Crippen molar-refractivity contribution >= 4 is 57.3 Å². The van der Waals surface area contributed by atoms with E-state index in [0.29, 0.717) is 43.8 Å². The number of aryl methyl sites for hydroxylation is 1. The number of esters is 1. The second-order valence-corrected chi connectivity index (χ2v) is 20.7. The van der Waals surface area contributed by atoms with E-state index in [1.807, 2.05) is 44.3 Å². The number of fused-ring (bicyclic) bond motifs is 1. The fourth-order valence-electron chi connectivity index (χ4n) is 9.12. The van der Waals surface area contributed by atoms with Gasteiger partial charge in [0.2, 0.25) is 11.8 Å². The lowest BCUT2D eigenvalue weighted by atomic mass is 9.84. The first-order valence-corrected chi connectivity index (χ1v) is 24.6. The van der Waals surface area contributed by atoms with E-state index in [2.05, 4.69) is 66.9 Å². The topological polar surface area (TPSA) is 168 Å². The van der Waals surface area contributed by atoms with Crippen molar-refractivity contribution in [3.63, 3.8) is 0 Å². The minimum Gasteiger partial charge on any atom is -0.464 e. The van der Waals surface area contributed by atoms with Crippen molar-refractivity contribution in [3.8, 4) is 22.5 Å². The number of benzene rings is 1. The highest BCUT2D eigenvalue weighted by molar-refractivity contribution is 7.85. The van der Waals surface area contributed by atoms with Crippen LogP contribution in [0, 0.1) is 17.3 Å². The van der Waals surface area contributed by atoms with Crippen molar-refractivity contribution in [2.45, 2.75) is 104 Å². The highest BCUT2D eigenvalue weighted by Crippen LogP contribution is 2.42. The zero-order valence-electron chi connectivity index (χ0n) is 39.3. The zero-order chi connectivity index (χ0) is 47.2. The SMILES string of the molecule is C=CS(=O)N1CCC(C(=O)N(C)C(C(=O)NC(C=O)Cc2nc(-c3ccc4c(c3)c(CC(C)(C)COC(=O)[C@@H]3CCCN(C)N3)c(-c3cccnc3C(C)OC)n4CC)cs2)C(C)C)C1. The number of amides is 2. The molecule has 17 heteroatoms. The van der Waals surface area contributed by atoms with Gasteiger partial charge in [-0.2, -0.15) is 0 Å². The molecule has 4 aromatic rings. The van der Waals surface area contributed by atoms with E-state index < -0.39 is 40.3 Å². The number of nitrogens with one attached hydrogen (secondary N) is 2. The maximum absolute atomic E-state index is 13.8. The van der Waals surface area contributed by atoms with Gasteiger partial charge < -0.3 is 29.1 Å². The number of methoxy groups -OCH3 is 1. The van der Waals surface area contributed by atoms with Crippen LogP contribution in [0.1, 0.15) is 83.2 Å². The average molecular weight is 931 g/mol. The van der Waals surface area contributed by atoms with Crippen LogP contribution >= 0.6 is 11.3 Å². The Morgan fingerprint density at radius 3 is 2.62 bits per heavy atom. The fourth-order valence-corrected chi connectivity index (χ4v) is 10.8. The molecule has 2 N–H and O–H groups in total. The van der Waals surface area contributed by atoms with Crippen molar-refractivity contribution in [2.24, 2.45) is 17.3 Å². The summed E-state index contributed by atoms with van der Waals surface area (Å²) in [7, 11) is 3.87. The first kappa shape index (κ1) is 49.8. The number of hydrogen-bond acceptors (Lipinski definition) is 12. The second kappa shape index (κ2) is 21.8. The third kappa shape index (κ3) is 11.5. The van der Waals surface area contributed by atoms with Crippen LogP contribution in [0.25, 0.3) is 33.4 Å². The van der Waals surface area contributed by atoms with Crippen molar-refractivity contribution < 1.29 is 32.9 Å². The van der Waals surface area contributed by atoms with Gasteiger partial charge in [-0.05, 0) is 75.3 Å². The van der Waals surface area contributed by atoms with Crippen molar-refractivity contribution in [2.75, 3.05) is 47.4 Å². The molecule has 2 aliphatic heterocycles. The molecule has 5 heterocycles. The van der Waals surface area contributed by atoms with Gasteiger partial charge in [-0.3, -0.25) is 19.4 Å². The number of thiazole rings is 1. The molecule has 352 valence electrons. The van der Waals surface area contributed by atoms with Gasteiger partial charge in [0.15, 0.2) is 0 Å². The number of rotatable bonds is 20. The quantitative estimate of drug-likeness (QED) is 0.0776. The number of hydrazine groups is 1. The molecule has 2 amide bonds. The maximum Gasteiger partial charge on any atom is 0.324 e. The lowest BCUT2D eigenvalue weighted by molar-refractivity contribution is -0.152. The highest BCUT2D eigenvalue weighted by atomic mass is 32.2. The molecule has 1 aromatic carbocycles. The molecule has 15 nitrogen and oxygen atoms in total. The number of nitrogens with zero attached hydrogens (tertiary/aromatic N) is 6. The Labute approximate surface area is 389 Å². The van der Waals surface area contributed by atoms with E-state index in [1.54, 1.807) is 24.7 Å². The number of aromatic nitrogens is 3. The first-order chi connectivity index (χ1) is 31.0. The molecule has 65 heavy (non-hydrogen) atoms. The monoisotopic (exact) mass is 930 g/mol. The lowest BCUT2D eigenvalue weighted by Gasteiger charge is -2.32. The number of hydrogen-bond donors (Lipinski definition) is 2. The van der Waals surface area contributed by atoms with Crippen LogP contribution in [-0.2, 0) is 59.0 Å². The molecular weight excluding hydrogens is 865 g/mol. The summed E-state index contributed by atoms with van der Waals surface area (Å²) in [6.45, 7) is 18.3. The van der Waals surface area contributed by atoms with Crippen LogP contribution in [0.3, 0.4) is 0 Å². The number of ether oxygens (including phenoxy) is 2. The molecule has 2 fully saturated rings. The number of carbonyl (C=O) groups is 4. The first-order valence-electron chi connectivity index (χ1n) is 22.5. The van der Waals surface area contributed by atoms with Crippen LogP contribution in [0.5, 0.6) is 0 Å². The third-order valence-electron chi connectivity index (χ3n) is 12.5. The summed E-state index contributed by atoms with van der Waals surface area (Å²) in [6, 6.07) is 8.32. The van der Waals surface area contributed by atoms with E-state index in [9.17, 15) is 23.4 Å². The number of carbonyl (C=O) groups excluding carboxylic acids is 4. The average Bonchev–Trinajstić information content (AvgIpc) is 4.05. The summed E-state index contributed by atoms with van der Waals surface area (Å²) >= 11 is 1.41. The molecule has 6 rings (SSSR count). The molecule has 5 unspecified atom stereocenters. The van der Waals surface area contributed by atoms with Gasteiger partial charge in [0.25, 0.3) is 0 Å². The Hall–Kier alpha value is -4.65. The van der Waals surface area contributed by atoms with E-state index in [-0.39, 0.29) is 43.0 Å². The van der Waals surface area contributed by atoms with Gasteiger partial charge in [0, 0.05) is 98.2 Å². The smallest absolute Gasteiger partial charge is 0.324 e. The Balaban J connectivity index is 1.26. The van der Waals surface area contributed by atoms with Crippen LogP contribution in [-0.4, -0.2) is 123 Å². The molecule has 2 aliphatic rings. The van der Waals surface area contributed by atoms with Crippen LogP contribution in [0.2, 0.25) is 0 Å². The molecule has 0 radical (unpaired) electrons. The predicted molar refractivity (Wildman–Crippen MR) is 256 cm³/mol. The fraction of sp³-hybridized carbons (Fsp3) is 0.542. The second-order valence-electron chi connectivity index (χ2n) is 18.3. The number of aldehydes is 1. The standard InChI is InChI=1S/C48H66N8O7S2/c1-11-56-40-18-17-32(39-28-64-41(51-39)24-34(27-57)50-45(58)43(30(3)4)54(9)46(59)33-19-22-55(26-33)65(61)12-2)23-36(40)37(44(56)35-15-13-20-49-42(35)31(5)62-10)25-48(6,7)29-63-47(60)38-16-14-21-53(8)52-38/h12-13,15,17-18,20,23,27-28,30-31,33-34,38,43,52H,2,11,14,16,19,21-22,24-26,29H2,1,3-10H3,(H,50,58)/t31?,33?,34?,38-,43?,65?/m0/s1. The zero-order valence-corrected chi connectivity index (χ0v) is 40.9. The van der Waals surface area contributed by atoms with E-state index in [4.69, 9.17) is 19.4 Å². The minimum atomic E-state index is -1.37. The summed E-state index contributed by atoms with van der Waals surface area (Å²) in [5.74, 6) is -1.50. The van der Waals surface area contributed by atoms with Crippen molar-refractivity contribution in [1.82, 2.24) is 39.5 Å². The maximum atomic E-state index is 13.8. The molecule has 0 spiro atoms. The van der Waals surface area contributed by atoms with Gasteiger partial charge in [-0.1, -0.05) is 40.3 Å². The Bertz CT molecular complexity index is 2380. The molecular formula is C48H66N8O7S2. The number of pyridine rings is 1. The molecule has 0 aliphatic carbocycles. The summed E-state index contributed by atoms with van der Waals surface area (Å²) < 4.78 is 28.1. The number of likely N-dealkylation sites (N-methyl/N-ethyl adjacent to an activating group) is 1. The van der Waals surface area contributed by atoms with Crippen molar-refractivity contribution in [1.29, 1.82) is 0 Å². The summed E-state index contributed by atoms with van der Waals surface area (Å²) in [5, 5.41) is 9.86. The largest absolute Gasteiger partial charge is 0.464 e. The summed E-state index contributed by atoms with van der Waals surface area (Å²) in [5.41, 5.74) is 9.38. The lowest BCUT2D eigenvalue weighted by Crippen LogP contribution is -2.54. The Kier molecular flexibility index (Phi) is 16.7. The van der Waals surface area contributed by atoms with Gasteiger partial charge in [-0.15, -0.1) is 11.3 Å². The Morgan fingerprint density at radius 1 is 1.17 bits per heavy atom. The van der Waals surface area contributed by atoms with Crippen molar-refractivity contribution in [3.05, 3.63) is 70.2 Å². The molecule has 3 aromatic heterocycles. The van der Waals surface area contributed by atoms with Gasteiger partial charge in [-0.25, -0.2) is 23.9 Å². The molecule has 0 saturated carbocycles. The molecule has 2 saturated heterocycles. The highest BCUT2D eigenvalue weighted by Gasteiger charge is 2.38. The third-order valence-corrected chi connectivity index (χ3v) is 14.5. The molecule has 6 atom stereocenters. The van der Waals surface area contributed by atoms with E-state index in [1.165, 1.54) is 21.6 Å². The van der Waals surface area contributed by atoms with Gasteiger partial charge in [0.05, 0.1) is 46.8 Å². The Morgan fingerprint density at radius 2 is 1.94 bits per heavy atom. The molecule has 0 bridgehead atoms. The predicted octanol–water partition coefficient (Wildman–Crippen LogP) is 6.10. The van der Waals surface area contributed by atoms with Gasteiger partial charge >= 0.3 is 5.97 Å². The summed E-state index contributed by atoms with van der Waals surface area (Å²) in [6.07, 6.45) is 5.18. The van der Waals surface area contributed by atoms with Gasteiger partial charge in [0.1, 0.15) is 29.4 Å². The van der Waals surface area contributed by atoms with E-state index >= 15 is 0 Å². The summed E-state index contributed by atoms with van der Waals surface area (Å²) in [4.78, 5) is 64.4. The normalized spacial score (nSPS) is 19.2. The van der Waals surface area contributed by atoms with E-state index in [0.717, 1.165) is 64.1 Å². The van der Waals surface area contributed by atoms with Crippen LogP contribution in [0.4, 0.5) is 0 Å².